The fraction of sp³-hybridized carbons (Fsp3) is 0.462. The summed E-state index contributed by atoms with van der Waals surface area (Å²) in [5.74, 6) is -0.556. The summed E-state index contributed by atoms with van der Waals surface area (Å²) in [7, 11) is -5.41. The average molecular weight is 349 g/mol. The zero-order valence-corrected chi connectivity index (χ0v) is 14.2. The predicted molar refractivity (Wildman–Crippen MR) is 81.8 cm³/mol. The number of ether oxygens (including phenoxy) is 1. The number of rotatable bonds is 7. The van der Waals surface area contributed by atoms with E-state index in [0.717, 1.165) is 6.26 Å². The monoisotopic (exact) mass is 349 g/mol. The molecule has 1 aromatic rings. The SMILES string of the molecule is COC(=O)c1ccc(S(=N)(=O)CCC(C)OS(C)(=O)=O)cc1. The van der Waals surface area contributed by atoms with Gasteiger partial charge in [0, 0.05) is 10.6 Å². The molecule has 0 heterocycles. The lowest BCUT2D eigenvalue weighted by molar-refractivity contribution is 0.0600. The molecule has 0 aliphatic heterocycles. The maximum absolute atomic E-state index is 12.4. The van der Waals surface area contributed by atoms with Crippen molar-refractivity contribution in [2.24, 2.45) is 0 Å². The lowest BCUT2D eigenvalue weighted by atomic mass is 10.2. The highest BCUT2D eigenvalue weighted by Crippen LogP contribution is 2.16. The lowest BCUT2D eigenvalue weighted by Gasteiger charge is -2.13. The summed E-state index contributed by atoms with van der Waals surface area (Å²) in [6.45, 7) is 1.54. The second-order valence-electron chi connectivity index (χ2n) is 4.79. The smallest absolute Gasteiger partial charge is 0.337 e. The van der Waals surface area contributed by atoms with Crippen molar-refractivity contribution in [3.8, 4) is 0 Å². The molecule has 0 spiro atoms. The number of nitrogens with one attached hydrogen (secondary N) is 1. The zero-order chi connectivity index (χ0) is 17.0. The maximum atomic E-state index is 12.4. The summed E-state index contributed by atoms with van der Waals surface area (Å²) >= 11 is 0. The first-order valence-corrected chi connectivity index (χ1v) is 9.92. The van der Waals surface area contributed by atoms with Gasteiger partial charge in [0.2, 0.25) is 0 Å². The molecular formula is C13H19NO6S2. The molecular weight excluding hydrogens is 330 g/mol. The van der Waals surface area contributed by atoms with Gasteiger partial charge in [-0.1, -0.05) is 0 Å². The van der Waals surface area contributed by atoms with Crippen molar-refractivity contribution in [1.29, 1.82) is 4.78 Å². The maximum Gasteiger partial charge on any atom is 0.337 e. The van der Waals surface area contributed by atoms with Gasteiger partial charge in [-0.3, -0.25) is 4.18 Å². The van der Waals surface area contributed by atoms with Crippen molar-refractivity contribution in [3.05, 3.63) is 29.8 Å². The van der Waals surface area contributed by atoms with E-state index in [1.807, 2.05) is 0 Å². The van der Waals surface area contributed by atoms with E-state index in [2.05, 4.69) is 4.74 Å². The molecule has 0 saturated carbocycles. The molecule has 0 saturated heterocycles. The molecule has 0 radical (unpaired) electrons. The summed E-state index contributed by atoms with van der Waals surface area (Å²) in [4.78, 5) is 11.6. The van der Waals surface area contributed by atoms with E-state index in [1.165, 1.54) is 38.3 Å². The summed E-state index contributed by atoms with van der Waals surface area (Å²) in [5, 5.41) is 0. The van der Waals surface area contributed by atoms with Gasteiger partial charge >= 0.3 is 5.97 Å². The first-order valence-electron chi connectivity index (χ1n) is 6.38. The van der Waals surface area contributed by atoms with E-state index in [0.29, 0.717) is 5.56 Å². The van der Waals surface area contributed by atoms with Crippen LogP contribution >= 0.6 is 0 Å². The molecule has 1 N–H and O–H groups in total. The summed E-state index contributed by atoms with van der Waals surface area (Å²) in [6.07, 6.45) is 0.441. The number of benzene rings is 1. The van der Waals surface area contributed by atoms with E-state index in [4.69, 9.17) is 8.96 Å². The van der Waals surface area contributed by atoms with Crippen molar-refractivity contribution in [2.75, 3.05) is 19.1 Å². The van der Waals surface area contributed by atoms with Crippen molar-refractivity contribution < 1.29 is 26.3 Å². The van der Waals surface area contributed by atoms with Gasteiger partial charge in [0.15, 0.2) is 0 Å². The number of hydrogen-bond acceptors (Lipinski definition) is 7. The number of esters is 1. The van der Waals surface area contributed by atoms with E-state index in [9.17, 15) is 17.4 Å². The van der Waals surface area contributed by atoms with Crippen LogP contribution in [0.1, 0.15) is 23.7 Å². The topological polar surface area (TPSA) is 111 Å². The molecule has 0 aliphatic rings. The van der Waals surface area contributed by atoms with Gasteiger partial charge in [-0.15, -0.1) is 0 Å². The van der Waals surface area contributed by atoms with Crippen LogP contribution in [0, 0.1) is 4.78 Å². The van der Waals surface area contributed by atoms with Gasteiger partial charge in [0.25, 0.3) is 10.1 Å². The molecule has 0 aromatic heterocycles. The normalized spacial score (nSPS) is 15.8. The minimum atomic E-state index is -3.58. The minimum Gasteiger partial charge on any atom is -0.465 e. The lowest BCUT2D eigenvalue weighted by Crippen LogP contribution is -2.18. The molecule has 0 amide bonds. The van der Waals surface area contributed by atoms with Gasteiger partial charge < -0.3 is 4.74 Å². The van der Waals surface area contributed by atoms with E-state index in [-0.39, 0.29) is 17.1 Å². The van der Waals surface area contributed by atoms with Crippen LogP contribution < -0.4 is 0 Å². The Kier molecular flexibility index (Phi) is 6.09. The van der Waals surface area contributed by atoms with Crippen LogP contribution in [0.25, 0.3) is 0 Å². The molecule has 2 unspecified atom stereocenters. The van der Waals surface area contributed by atoms with Crippen molar-refractivity contribution in [1.82, 2.24) is 0 Å². The number of methoxy groups -OCH3 is 1. The Labute approximate surface area is 130 Å². The van der Waals surface area contributed by atoms with E-state index < -0.39 is 31.9 Å². The predicted octanol–water partition coefficient (Wildman–Crippen LogP) is 1.63. The Morgan fingerprint density at radius 2 is 1.77 bits per heavy atom. The summed E-state index contributed by atoms with van der Waals surface area (Å²) < 4.78 is 51.5. The Balaban J connectivity index is 2.76. The Morgan fingerprint density at radius 1 is 1.23 bits per heavy atom. The van der Waals surface area contributed by atoms with Crippen LogP contribution in [0.4, 0.5) is 0 Å². The molecule has 9 heteroatoms. The Hall–Kier alpha value is -1.45. The van der Waals surface area contributed by atoms with Crippen molar-refractivity contribution in [3.63, 3.8) is 0 Å². The molecule has 124 valence electrons. The van der Waals surface area contributed by atoms with Crippen LogP contribution in [0.5, 0.6) is 0 Å². The molecule has 0 aliphatic carbocycles. The van der Waals surface area contributed by atoms with Crippen molar-refractivity contribution >= 4 is 25.8 Å². The molecule has 2 atom stereocenters. The number of carbonyl (C=O) groups excluding carboxylic acids is 1. The van der Waals surface area contributed by atoms with Gasteiger partial charge in [0.05, 0.1) is 34.8 Å². The molecule has 22 heavy (non-hydrogen) atoms. The minimum absolute atomic E-state index is 0.0404. The highest BCUT2D eigenvalue weighted by Gasteiger charge is 2.16. The van der Waals surface area contributed by atoms with Gasteiger partial charge in [0.1, 0.15) is 0 Å². The van der Waals surface area contributed by atoms with Crippen LogP contribution in [0.15, 0.2) is 29.2 Å². The largest absolute Gasteiger partial charge is 0.465 e. The number of carbonyl (C=O) groups is 1. The third-order valence-corrected chi connectivity index (χ3v) is 5.33. The van der Waals surface area contributed by atoms with Gasteiger partial charge in [-0.05, 0) is 37.6 Å². The van der Waals surface area contributed by atoms with Gasteiger partial charge in [-0.25, -0.2) is 13.8 Å². The van der Waals surface area contributed by atoms with Crippen LogP contribution in [-0.2, 0) is 28.8 Å². The molecule has 7 nitrogen and oxygen atoms in total. The third kappa shape index (κ3) is 5.74. The van der Waals surface area contributed by atoms with Crippen molar-refractivity contribution in [2.45, 2.75) is 24.3 Å². The summed E-state index contributed by atoms with van der Waals surface area (Å²) in [6, 6.07) is 5.74. The third-order valence-electron chi connectivity index (χ3n) is 2.81. The molecule has 0 fully saturated rings. The highest BCUT2D eigenvalue weighted by molar-refractivity contribution is 7.92. The Morgan fingerprint density at radius 3 is 2.23 bits per heavy atom. The fourth-order valence-corrected chi connectivity index (χ4v) is 3.89. The van der Waals surface area contributed by atoms with E-state index >= 15 is 0 Å². The van der Waals surface area contributed by atoms with Crippen LogP contribution in [-0.4, -0.2) is 43.8 Å². The second-order valence-corrected chi connectivity index (χ2v) is 8.63. The first-order chi connectivity index (χ1) is 10.0. The second kappa shape index (κ2) is 7.21. The zero-order valence-electron chi connectivity index (χ0n) is 12.6. The summed E-state index contributed by atoms with van der Waals surface area (Å²) in [5.41, 5.74) is 0.301. The van der Waals surface area contributed by atoms with Crippen LogP contribution in [0.3, 0.4) is 0 Å². The molecule has 1 aromatic carbocycles. The van der Waals surface area contributed by atoms with E-state index in [1.54, 1.807) is 0 Å². The first kappa shape index (κ1) is 18.6. The number of hydrogen-bond donors (Lipinski definition) is 1. The standard InChI is InChI=1S/C13H19NO6S2/c1-10(20-21(3,16)17)8-9-22(14,18)12-6-4-11(5-7-12)13(15)19-2/h4-7,10,14H,8-9H2,1-3H3. The fourth-order valence-electron chi connectivity index (χ4n) is 1.72. The van der Waals surface area contributed by atoms with Crippen LogP contribution in [0.2, 0.25) is 0 Å². The van der Waals surface area contributed by atoms with Gasteiger partial charge in [-0.2, -0.15) is 8.42 Å². The molecule has 0 bridgehead atoms. The average Bonchev–Trinajstić information content (AvgIpc) is 2.43. The molecule has 1 rings (SSSR count). The highest BCUT2D eigenvalue weighted by atomic mass is 32.2. The Bertz CT molecular complexity index is 722. The quantitative estimate of drug-likeness (QED) is 0.592.